The van der Waals surface area contributed by atoms with E-state index in [0.29, 0.717) is 42.1 Å². The number of benzene rings is 2. The van der Waals surface area contributed by atoms with Gasteiger partial charge in [-0.2, -0.15) is 0 Å². The number of aryl methyl sites for hydroxylation is 1. The van der Waals surface area contributed by atoms with E-state index in [2.05, 4.69) is 15.6 Å². The predicted molar refractivity (Wildman–Crippen MR) is 118 cm³/mol. The second-order valence-corrected chi connectivity index (χ2v) is 6.82. The number of carbonyl (C=O) groups excluding carboxylic acids is 2. The van der Waals surface area contributed by atoms with Crippen molar-refractivity contribution in [3.63, 3.8) is 0 Å². The Balaban J connectivity index is 1.57. The maximum absolute atomic E-state index is 12.5. The Morgan fingerprint density at radius 3 is 2.52 bits per heavy atom. The standard InChI is InChI=1S/C24H25N3O4/c1-30-21-11-9-17(14-22(21)31-2)10-12-23(28)27-20-8-4-3-6-18(20)16-26-24(29)19-7-5-13-25-15-19/h3-9,11,13-15H,10,12,16H2,1-2H3,(H,26,29)(H,27,28). The van der Waals surface area contributed by atoms with Crippen molar-refractivity contribution in [2.24, 2.45) is 0 Å². The first-order chi connectivity index (χ1) is 15.1. The zero-order chi connectivity index (χ0) is 22.1. The number of methoxy groups -OCH3 is 2. The SMILES string of the molecule is COc1ccc(CCC(=O)Nc2ccccc2CNC(=O)c2cccnc2)cc1OC. The van der Waals surface area contributed by atoms with Crippen molar-refractivity contribution in [1.82, 2.24) is 10.3 Å². The lowest BCUT2D eigenvalue weighted by molar-refractivity contribution is -0.116. The van der Waals surface area contributed by atoms with Crippen molar-refractivity contribution < 1.29 is 19.1 Å². The number of hydrogen-bond acceptors (Lipinski definition) is 5. The maximum Gasteiger partial charge on any atom is 0.253 e. The minimum absolute atomic E-state index is 0.110. The van der Waals surface area contributed by atoms with Crippen molar-refractivity contribution in [3.8, 4) is 11.5 Å². The van der Waals surface area contributed by atoms with Crippen LogP contribution < -0.4 is 20.1 Å². The van der Waals surface area contributed by atoms with Gasteiger partial charge in [-0.05, 0) is 47.9 Å². The number of ether oxygens (including phenoxy) is 2. The molecule has 3 aromatic rings. The lowest BCUT2D eigenvalue weighted by atomic mass is 10.1. The number of para-hydroxylation sites is 1. The molecule has 2 amide bonds. The molecule has 0 aliphatic rings. The lowest BCUT2D eigenvalue weighted by Gasteiger charge is -2.13. The van der Waals surface area contributed by atoms with E-state index in [0.717, 1.165) is 11.1 Å². The lowest BCUT2D eigenvalue weighted by Crippen LogP contribution is -2.24. The Morgan fingerprint density at radius 1 is 0.968 bits per heavy atom. The molecule has 1 aromatic heterocycles. The number of amides is 2. The molecule has 0 aliphatic heterocycles. The number of nitrogens with one attached hydrogen (secondary N) is 2. The van der Waals surface area contributed by atoms with E-state index < -0.39 is 0 Å². The molecule has 0 atom stereocenters. The van der Waals surface area contributed by atoms with Crippen molar-refractivity contribution in [2.75, 3.05) is 19.5 Å². The van der Waals surface area contributed by atoms with E-state index in [4.69, 9.17) is 9.47 Å². The third kappa shape index (κ3) is 6.05. The number of carbonyl (C=O) groups is 2. The summed E-state index contributed by atoms with van der Waals surface area (Å²) in [6.45, 7) is 0.292. The average Bonchev–Trinajstić information content (AvgIpc) is 2.82. The fourth-order valence-corrected chi connectivity index (χ4v) is 3.08. The van der Waals surface area contributed by atoms with Gasteiger partial charge in [-0.15, -0.1) is 0 Å². The fourth-order valence-electron chi connectivity index (χ4n) is 3.08. The van der Waals surface area contributed by atoms with Gasteiger partial charge < -0.3 is 20.1 Å². The first kappa shape index (κ1) is 21.8. The highest BCUT2D eigenvalue weighted by atomic mass is 16.5. The van der Waals surface area contributed by atoms with Crippen LogP contribution in [-0.2, 0) is 17.8 Å². The molecule has 1 heterocycles. The molecule has 3 rings (SSSR count). The van der Waals surface area contributed by atoms with Crippen LogP contribution in [0.15, 0.2) is 67.0 Å². The van der Waals surface area contributed by atoms with Crippen molar-refractivity contribution in [2.45, 2.75) is 19.4 Å². The van der Waals surface area contributed by atoms with Gasteiger partial charge in [0, 0.05) is 31.0 Å². The smallest absolute Gasteiger partial charge is 0.253 e. The highest BCUT2D eigenvalue weighted by Crippen LogP contribution is 2.28. The second-order valence-electron chi connectivity index (χ2n) is 6.82. The van der Waals surface area contributed by atoms with Gasteiger partial charge in [0.15, 0.2) is 11.5 Å². The molecule has 0 unspecified atom stereocenters. The van der Waals surface area contributed by atoms with Gasteiger partial charge in [0.05, 0.1) is 19.8 Å². The van der Waals surface area contributed by atoms with Gasteiger partial charge in [0.2, 0.25) is 5.91 Å². The summed E-state index contributed by atoms with van der Waals surface area (Å²) in [4.78, 5) is 28.7. The molecule has 7 heteroatoms. The molecule has 0 spiro atoms. The Morgan fingerprint density at radius 2 is 1.77 bits per heavy atom. The number of anilines is 1. The summed E-state index contributed by atoms with van der Waals surface area (Å²) in [6.07, 6.45) is 4.00. The molecule has 0 saturated carbocycles. The number of nitrogens with zero attached hydrogens (tertiary/aromatic N) is 1. The van der Waals surface area contributed by atoms with E-state index >= 15 is 0 Å². The zero-order valence-electron chi connectivity index (χ0n) is 17.6. The molecule has 0 saturated heterocycles. The van der Waals surface area contributed by atoms with Crippen LogP contribution in [0.1, 0.15) is 27.9 Å². The maximum atomic E-state index is 12.5. The Kier molecular flexibility index (Phi) is 7.59. The van der Waals surface area contributed by atoms with Crippen LogP contribution in [-0.4, -0.2) is 31.0 Å². The summed E-state index contributed by atoms with van der Waals surface area (Å²) in [5, 5.41) is 5.79. The van der Waals surface area contributed by atoms with Crippen molar-refractivity contribution in [3.05, 3.63) is 83.7 Å². The van der Waals surface area contributed by atoms with Crippen LogP contribution in [0.2, 0.25) is 0 Å². The summed E-state index contributed by atoms with van der Waals surface area (Å²) >= 11 is 0. The van der Waals surface area contributed by atoms with Gasteiger partial charge in [-0.1, -0.05) is 24.3 Å². The van der Waals surface area contributed by atoms with Crippen LogP contribution in [0, 0.1) is 0 Å². The molecule has 7 nitrogen and oxygen atoms in total. The van der Waals surface area contributed by atoms with Gasteiger partial charge >= 0.3 is 0 Å². The number of hydrogen-bond donors (Lipinski definition) is 2. The van der Waals surface area contributed by atoms with Crippen LogP contribution in [0.5, 0.6) is 11.5 Å². The van der Waals surface area contributed by atoms with Gasteiger partial charge in [0.25, 0.3) is 5.91 Å². The highest BCUT2D eigenvalue weighted by molar-refractivity contribution is 5.94. The average molecular weight is 419 g/mol. The first-order valence-electron chi connectivity index (χ1n) is 9.87. The van der Waals surface area contributed by atoms with E-state index in [9.17, 15) is 9.59 Å². The summed E-state index contributed by atoms with van der Waals surface area (Å²) in [6, 6.07) is 16.4. The van der Waals surface area contributed by atoms with Crippen molar-refractivity contribution in [1.29, 1.82) is 0 Å². The van der Waals surface area contributed by atoms with Crippen LogP contribution in [0.4, 0.5) is 5.69 Å². The molecule has 2 aromatic carbocycles. The largest absolute Gasteiger partial charge is 0.493 e. The van der Waals surface area contributed by atoms with Crippen LogP contribution in [0.25, 0.3) is 0 Å². The topological polar surface area (TPSA) is 89.6 Å². The first-order valence-corrected chi connectivity index (χ1v) is 9.87. The summed E-state index contributed by atoms with van der Waals surface area (Å²) in [5.41, 5.74) is 2.95. The second kappa shape index (κ2) is 10.8. The van der Waals surface area contributed by atoms with Gasteiger partial charge in [-0.25, -0.2) is 0 Å². The highest BCUT2D eigenvalue weighted by Gasteiger charge is 2.11. The van der Waals surface area contributed by atoms with Crippen molar-refractivity contribution >= 4 is 17.5 Å². The van der Waals surface area contributed by atoms with E-state index in [1.807, 2.05) is 42.5 Å². The molecular formula is C24H25N3O4. The third-order valence-corrected chi connectivity index (χ3v) is 4.74. The van der Waals surface area contributed by atoms with Crippen LogP contribution >= 0.6 is 0 Å². The summed E-state index contributed by atoms with van der Waals surface area (Å²) < 4.78 is 10.5. The molecule has 0 bridgehead atoms. The summed E-state index contributed by atoms with van der Waals surface area (Å²) in [7, 11) is 3.17. The monoisotopic (exact) mass is 419 g/mol. The number of aromatic nitrogens is 1. The molecule has 0 radical (unpaired) electrons. The minimum atomic E-state index is -0.220. The van der Waals surface area contributed by atoms with Gasteiger partial charge in [-0.3, -0.25) is 14.6 Å². The van der Waals surface area contributed by atoms with E-state index in [1.54, 1.807) is 32.5 Å². The molecule has 31 heavy (non-hydrogen) atoms. The van der Waals surface area contributed by atoms with Crippen LogP contribution in [0.3, 0.4) is 0 Å². The molecule has 0 aliphatic carbocycles. The minimum Gasteiger partial charge on any atom is -0.493 e. The Hall–Kier alpha value is -3.87. The quantitative estimate of drug-likeness (QED) is 0.553. The summed E-state index contributed by atoms with van der Waals surface area (Å²) in [5.74, 6) is 0.955. The number of pyridine rings is 1. The Labute approximate surface area is 181 Å². The van der Waals surface area contributed by atoms with E-state index in [1.165, 1.54) is 6.20 Å². The third-order valence-electron chi connectivity index (χ3n) is 4.74. The molecule has 160 valence electrons. The zero-order valence-corrected chi connectivity index (χ0v) is 17.6. The molecule has 0 fully saturated rings. The predicted octanol–water partition coefficient (Wildman–Crippen LogP) is 3.60. The molecule has 2 N–H and O–H groups in total. The normalized spacial score (nSPS) is 10.3. The Bertz CT molecular complexity index is 1040. The molecular weight excluding hydrogens is 394 g/mol. The van der Waals surface area contributed by atoms with E-state index in [-0.39, 0.29) is 11.8 Å². The van der Waals surface area contributed by atoms with Gasteiger partial charge in [0.1, 0.15) is 0 Å². The fraction of sp³-hybridized carbons (Fsp3) is 0.208. The number of rotatable bonds is 9.